The van der Waals surface area contributed by atoms with E-state index in [-0.39, 0.29) is 168 Å². The Kier molecular flexibility index (Phi) is 45.8. The Hall–Kier alpha value is -7.06. The number of nitrogens with one attached hydrogen (secondary N) is 16. The van der Waals surface area contributed by atoms with Crippen LogP contribution >= 0.6 is 0 Å². The van der Waals surface area contributed by atoms with Gasteiger partial charge in [-0.15, -0.1) is 0 Å². The van der Waals surface area contributed by atoms with Gasteiger partial charge in [0.05, 0.1) is 53.3 Å². The fourth-order valence-corrected chi connectivity index (χ4v) is 48.3. The average Bonchev–Trinajstić information content (AvgIpc) is 0.805. The standard InChI is InChI=1S/C58H118N16O24Si8/c1-19-43(75)59-35-60-44(76)20-21-45(77)61-36-62-46(78)22-23-47(79)63-37-64-48(80)24-25-49(81)65-38-66-50(82)26-27-51(83)67-39-68-52(84)28-29-53(85)69-40-70-54(86)30-31-55(87)71-41-72-56(88)32-33-57(89)73-42-74-58(90)34-99(3,4)92-101(7,8)94-103(11,12)96-105(15,16)98-106(17,18)97-104(13,14)95-102(9,10)93-100(5,6)91-2/h19-42H2,1-18H3,(H,59,75)(H,60,76)(H,61,77)(H,62,78)(H,63,79)(H,64,80)(H,65,81)(H,66,82)(H,67,83)(H,68,84)(H,69,85)(H,70,86)(H,71,87)(H,72,88)(H,73,89)(H,74,90). The summed E-state index contributed by atoms with van der Waals surface area (Å²) in [4.78, 5) is 194. The molecule has 606 valence electrons. The van der Waals surface area contributed by atoms with Crippen LogP contribution in [0.4, 0.5) is 0 Å². The summed E-state index contributed by atoms with van der Waals surface area (Å²) in [7, 11) is -20.1. The van der Waals surface area contributed by atoms with Crippen LogP contribution in [0.2, 0.25) is 111 Å². The molecule has 0 aliphatic rings. The Balaban J connectivity index is 4.27. The minimum Gasteiger partial charge on any atom is -0.436 e. The first-order valence-electron chi connectivity index (χ1n) is 34.6. The van der Waals surface area contributed by atoms with Gasteiger partial charge in [-0.2, -0.15) is 0 Å². The van der Waals surface area contributed by atoms with E-state index in [2.05, 4.69) is 85.1 Å². The van der Waals surface area contributed by atoms with Gasteiger partial charge in [0.15, 0.2) is 8.32 Å². The van der Waals surface area contributed by atoms with Crippen molar-refractivity contribution in [2.24, 2.45) is 0 Å². The van der Waals surface area contributed by atoms with Gasteiger partial charge in [-0.3, -0.25) is 76.7 Å². The topological polar surface area (TPSA) is 539 Å². The average molecular weight is 1650 g/mol. The summed E-state index contributed by atoms with van der Waals surface area (Å²) >= 11 is 0. The zero-order chi connectivity index (χ0) is 81.2. The van der Waals surface area contributed by atoms with Crippen molar-refractivity contribution in [3.8, 4) is 0 Å². The van der Waals surface area contributed by atoms with Crippen LogP contribution in [-0.4, -0.2) is 223 Å². The van der Waals surface area contributed by atoms with Crippen molar-refractivity contribution in [3.63, 3.8) is 0 Å². The van der Waals surface area contributed by atoms with Crippen LogP contribution in [-0.2, 0) is 110 Å². The molecule has 0 saturated heterocycles. The molecule has 0 heterocycles. The van der Waals surface area contributed by atoms with E-state index in [1.54, 1.807) is 14.0 Å². The molecule has 0 atom stereocenters. The molecule has 0 spiro atoms. The maximum Gasteiger partial charge on any atom is 0.322 e. The molecule has 0 bridgehead atoms. The third kappa shape index (κ3) is 54.5. The van der Waals surface area contributed by atoms with Crippen LogP contribution in [0.5, 0.6) is 0 Å². The summed E-state index contributed by atoms with van der Waals surface area (Å²) in [6.07, 6.45) is -3.14. The molecular weight excluding hydrogens is 1530 g/mol. The van der Waals surface area contributed by atoms with Gasteiger partial charge < -0.3 is 118 Å². The Morgan fingerprint density at radius 3 is 0.481 bits per heavy atom. The van der Waals surface area contributed by atoms with Gasteiger partial charge in [-0.1, -0.05) is 6.92 Å². The van der Waals surface area contributed by atoms with E-state index >= 15 is 0 Å². The summed E-state index contributed by atoms with van der Waals surface area (Å²) < 4.78 is 51.8. The highest BCUT2D eigenvalue weighted by molar-refractivity contribution is 6.92. The highest BCUT2D eigenvalue weighted by atomic mass is 28.5. The lowest BCUT2D eigenvalue weighted by Crippen LogP contribution is -2.61. The molecule has 0 aromatic heterocycles. The highest BCUT2D eigenvalue weighted by Gasteiger charge is 2.50. The molecule has 40 nitrogen and oxygen atoms in total. The predicted molar refractivity (Wildman–Crippen MR) is 403 cm³/mol. The second kappa shape index (κ2) is 49.1. The van der Waals surface area contributed by atoms with Gasteiger partial charge in [0, 0.05) is 109 Å². The van der Waals surface area contributed by atoms with Gasteiger partial charge in [-0.25, -0.2) is 0 Å². The van der Waals surface area contributed by atoms with E-state index in [4.69, 9.17) is 33.2 Å². The zero-order valence-corrected chi connectivity index (χ0v) is 72.8. The smallest absolute Gasteiger partial charge is 0.322 e. The quantitative estimate of drug-likeness (QED) is 0.0237. The van der Waals surface area contributed by atoms with Crippen molar-refractivity contribution in [2.75, 3.05) is 60.5 Å². The first kappa shape index (κ1) is 98.9. The van der Waals surface area contributed by atoms with E-state index in [1.165, 1.54) is 0 Å². The van der Waals surface area contributed by atoms with E-state index in [9.17, 15) is 76.7 Å². The highest BCUT2D eigenvalue weighted by Crippen LogP contribution is 2.30. The molecule has 48 heteroatoms. The van der Waals surface area contributed by atoms with Gasteiger partial charge in [0.1, 0.15) is 0 Å². The zero-order valence-electron chi connectivity index (χ0n) is 64.8. The lowest BCUT2D eigenvalue weighted by atomic mass is 10.2. The van der Waals surface area contributed by atoms with Crippen LogP contribution in [0, 0.1) is 0 Å². The SMILES string of the molecule is CCC(=O)NCNC(=O)CCC(=O)NCNC(=O)CCC(=O)NCNC(=O)CCC(=O)NCNC(=O)CCC(=O)NCNC(=O)CCC(=O)NCNC(=O)CCC(=O)NCNC(=O)CCC(=O)NCNC(=O)C[Si](C)(C)O[Si](C)(C)O[Si](C)(C)O[Si](C)(C)O[Si](C)(C)O[Si](C)(C)O[Si](C)(C)O[Si](C)(C)OC. The fourth-order valence-electron chi connectivity index (χ4n) is 9.75. The molecule has 0 aromatic rings. The van der Waals surface area contributed by atoms with Crippen molar-refractivity contribution in [2.45, 2.75) is 214 Å². The largest absolute Gasteiger partial charge is 0.436 e. The number of amides is 16. The molecule has 0 aliphatic heterocycles. The number of rotatable bonds is 55. The molecule has 0 fully saturated rings. The fraction of sp³-hybridized carbons (Fsp3) is 0.724. The van der Waals surface area contributed by atoms with E-state index < -0.39 is 151 Å². The molecule has 16 N–H and O–H groups in total. The molecule has 0 radical (unpaired) electrons. The Morgan fingerprint density at radius 1 is 0.198 bits per heavy atom. The molecular formula is C58H118N16O24Si8. The monoisotopic (exact) mass is 1650 g/mol. The van der Waals surface area contributed by atoms with Crippen LogP contribution < -0.4 is 85.1 Å². The Bertz CT molecular complexity index is 2990. The van der Waals surface area contributed by atoms with Gasteiger partial charge in [0.2, 0.25) is 94.5 Å². The molecule has 0 aliphatic carbocycles. The van der Waals surface area contributed by atoms with Crippen molar-refractivity contribution < 1.29 is 110 Å². The van der Waals surface area contributed by atoms with Crippen LogP contribution in [0.1, 0.15) is 103 Å². The maximum absolute atomic E-state index is 13.0. The normalized spacial score (nSPS) is 12.0. The minimum atomic E-state index is -2.88. The summed E-state index contributed by atoms with van der Waals surface area (Å²) in [5.74, 6) is -8.47. The third-order valence-electron chi connectivity index (χ3n) is 13.5. The molecule has 106 heavy (non-hydrogen) atoms. The van der Waals surface area contributed by atoms with Crippen molar-refractivity contribution >= 4 is 163 Å². The molecule has 0 saturated carbocycles. The maximum atomic E-state index is 13.0. The first-order valence-corrected chi connectivity index (χ1v) is 57.4. The molecule has 16 amide bonds. The number of hydrogen-bond donors (Lipinski definition) is 16. The molecule has 0 rings (SSSR count). The van der Waals surface area contributed by atoms with Gasteiger partial charge >= 0.3 is 59.9 Å². The third-order valence-corrected chi connectivity index (χ3v) is 43.4. The first-order chi connectivity index (χ1) is 48.9. The van der Waals surface area contributed by atoms with E-state index in [0.29, 0.717) is 0 Å². The van der Waals surface area contributed by atoms with Crippen molar-refractivity contribution in [1.82, 2.24) is 85.1 Å². The van der Waals surface area contributed by atoms with Gasteiger partial charge in [-0.05, 0) is 105 Å². The lowest BCUT2D eigenvalue weighted by molar-refractivity contribution is -0.129. The van der Waals surface area contributed by atoms with Crippen LogP contribution in [0.15, 0.2) is 0 Å². The Morgan fingerprint density at radius 2 is 0.330 bits per heavy atom. The van der Waals surface area contributed by atoms with Crippen molar-refractivity contribution in [3.05, 3.63) is 0 Å². The second-order valence-electron chi connectivity index (χ2n) is 27.5. The minimum absolute atomic E-state index is 0.0650. The Labute approximate surface area is 629 Å². The van der Waals surface area contributed by atoms with E-state index in [1.807, 2.05) is 105 Å². The van der Waals surface area contributed by atoms with Gasteiger partial charge in [0.25, 0.3) is 0 Å². The summed E-state index contributed by atoms with van der Waals surface area (Å²) in [6.45, 7) is 30.9. The van der Waals surface area contributed by atoms with Crippen LogP contribution in [0.25, 0.3) is 0 Å². The van der Waals surface area contributed by atoms with Crippen LogP contribution in [0.3, 0.4) is 0 Å². The van der Waals surface area contributed by atoms with Crippen molar-refractivity contribution in [1.29, 1.82) is 0 Å². The number of carbonyl (C=O) groups excluding carboxylic acids is 16. The summed E-state index contributed by atoms with van der Waals surface area (Å²) in [5.41, 5.74) is 0. The summed E-state index contributed by atoms with van der Waals surface area (Å²) in [6, 6.07) is 0.0734. The number of carbonyl (C=O) groups is 16. The van der Waals surface area contributed by atoms with E-state index in [0.717, 1.165) is 0 Å². The summed E-state index contributed by atoms with van der Waals surface area (Å²) in [5, 5.41) is 38.8. The molecule has 0 unspecified atom stereocenters. The lowest BCUT2D eigenvalue weighted by Gasteiger charge is -2.44. The second-order valence-corrected chi connectivity index (χ2v) is 57.1. The predicted octanol–water partition coefficient (Wildman–Crippen LogP) is -1.74. The molecule has 0 aromatic carbocycles. The number of hydrogen-bond acceptors (Lipinski definition) is 24.